The summed E-state index contributed by atoms with van der Waals surface area (Å²) in [5.41, 5.74) is 3.87. The van der Waals surface area contributed by atoms with Crippen LogP contribution < -0.4 is 5.32 Å². The number of benzene rings is 1. The predicted molar refractivity (Wildman–Crippen MR) is 91.1 cm³/mol. The van der Waals surface area contributed by atoms with E-state index in [4.69, 9.17) is 0 Å². The van der Waals surface area contributed by atoms with E-state index in [2.05, 4.69) is 21.4 Å². The van der Waals surface area contributed by atoms with E-state index in [1.54, 1.807) is 17.5 Å². The van der Waals surface area contributed by atoms with E-state index in [1.165, 1.54) is 0 Å². The number of rotatable bonds is 4. The first-order valence-corrected chi connectivity index (χ1v) is 8.11. The summed E-state index contributed by atoms with van der Waals surface area (Å²) in [6.45, 7) is 3.99. The molecule has 112 valence electrons. The number of carbonyl (C=O) groups is 1. The summed E-state index contributed by atoms with van der Waals surface area (Å²) in [6.07, 6.45) is 3.17. The van der Waals surface area contributed by atoms with Crippen LogP contribution in [0.25, 0.3) is 20.9 Å². The van der Waals surface area contributed by atoms with Crippen LogP contribution in [0.15, 0.2) is 36.5 Å². The van der Waals surface area contributed by atoms with Gasteiger partial charge in [-0.1, -0.05) is 18.3 Å². The molecule has 0 saturated heterocycles. The number of carbonyl (C=O) groups excluding carboxylic acids is 1. The Kier molecular flexibility index (Phi) is 4.15. The summed E-state index contributed by atoms with van der Waals surface area (Å²) < 4.78 is 0. The number of hydrogen-bond donors (Lipinski definition) is 1. The first kappa shape index (κ1) is 14.7. The number of hydrogen-bond acceptors (Lipinski definition) is 4. The van der Waals surface area contributed by atoms with Crippen molar-refractivity contribution < 1.29 is 4.79 Å². The number of fused-ring (bicyclic) bond motifs is 1. The van der Waals surface area contributed by atoms with Crippen LogP contribution in [0.4, 0.5) is 5.69 Å². The summed E-state index contributed by atoms with van der Waals surface area (Å²) in [5.74, 6) is 0.0579. The minimum absolute atomic E-state index is 0.0579. The highest BCUT2D eigenvalue weighted by Gasteiger charge is 2.09. The number of thiazole rings is 1. The summed E-state index contributed by atoms with van der Waals surface area (Å²) in [4.78, 5) is 21.6. The van der Waals surface area contributed by atoms with Crippen molar-refractivity contribution >= 4 is 33.3 Å². The lowest BCUT2D eigenvalue weighted by molar-refractivity contribution is -0.116. The van der Waals surface area contributed by atoms with E-state index in [-0.39, 0.29) is 5.91 Å². The summed E-state index contributed by atoms with van der Waals surface area (Å²) in [5, 5.41) is 3.90. The Morgan fingerprint density at radius 2 is 2.18 bits per heavy atom. The molecular weight excluding hydrogens is 294 g/mol. The fourth-order valence-electron chi connectivity index (χ4n) is 2.27. The number of aryl methyl sites for hydroxylation is 1. The average molecular weight is 311 g/mol. The highest BCUT2D eigenvalue weighted by molar-refractivity contribution is 7.21. The molecule has 1 amide bonds. The van der Waals surface area contributed by atoms with Crippen LogP contribution in [0.5, 0.6) is 0 Å². The molecule has 3 rings (SSSR count). The van der Waals surface area contributed by atoms with E-state index in [0.717, 1.165) is 38.6 Å². The van der Waals surface area contributed by atoms with Crippen LogP contribution >= 0.6 is 11.3 Å². The fraction of sp³-hybridized carbons (Fsp3) is 0.235. The van der Waals surface area contributed by atoms with Crippen molar-refractivity contribution in [3.63, 3.8) is 0 Å². The molecule has 1 N–H and O–H groups in total. The molecule has 0 atom stereocenters. The van der Waals surface area contributed by atoms with Gasteiger partial charge in [-0.25, -0.2) is 9.97 Å². The number of nitrogens with one attached hydrogen (secondary N) is 1. The van der Waals surface area contributed by atoms with Crippen molar-refractivity contribution in [2.45, 2.75) is 26.7 Å². The largest absolute Gasteiger partial charge is 0.326 e. The van der Waals surface area contributed by atoms with Gasteiger partial charge in [0.2, 0.25) is 5.91 Å². The summed E-state index contributed by atoms with van der Waals surface area (Å²) >= 11 is 1.58. The van der Waals surface area contributed by atoms with Crippen molar-refractivity contribution in [2.75, 3.05) is 5.32 Å². The van der Waals surface area contributed by atoms with E-state index >= 15 is 0 Å². The number of anilines is 1. The lowest BCUT2D eigenvalue weighted by atomic mass is 10.1. The Morgan fingerprint density at radius 3 is 2.91 bits per heavy atom. The van der Waals surface area contributed by atoms with Crippen LogP contribution in [0, 0.1) is 6.92 Å². The van der Waals surface area contributed by atoms with Crippen molar-refractivity contribution in [3.8, 4) is 10.6 Å². The highest BCUT2D eigenvalue weighted by atomic mass is 32.1. The smallest absolute Gasteiger partial charge is 0.224 e. The quantitative estimate of drug-likeness (QED) is 0.776. The van der Waals surface area contributed by atoms with E-state index < -0.39 is 0 Å². The monoisotopic (exact) mass is 311 g/mol. The van der Waals surface area contributed by atoms with Gasteiger partial charge >= 0.3 is 0 Å². The molecule has 2 aromatic heterocycles. The fourth-order valence-corrected chi connectivity index (χ4v) is 3.17. The van der Waals surface area contributed by atoms with Gasteiger partial charge in [0.05, 0.1) is 0 Å². The van der Waals surface area contributed by atoms with Gasteiger partial charge in [-0.05, 0) is 49.2 Å². The van der Waals surface area contributed by atoms with Gasteiger partial charge in [0.15, 0.2) is 0 Å². The molecule has 0 saturated carbocycles. The third-order valence-corrected chi connectivity index (χ3v) is 4.42. The van der Waals surface area contributed by atoms with Crippen molar-refractivity contribution in [2.24, 2.45) is 0 Å². The molecule has 5 heteroatoms. The SMILES string of the molecule is CCCC(=O)Nc1ccc(-c2nc3cccnc3s2)cc1C. The van der Waals surface area contributed by atoms with Gasteiger partial charge in [-0.15, -0.1) is 0 Å². The predicted octanol–water partition coefficient (Wildman–Crippen LogP) is 4.41. The van der Waals surface area contributed by atoms with Gasteiger partial charge < -0.3 is 5.32 Å². The van der Waals surface area contributed by atoms with Gasteiger partial charge in [0, 0.05) is 23.9 Å². The Balaban J connectivity index is 1.89. The molecule has 0 fully saturated rings. The maximum Gasteiger partial charge on any atom is 0.224 e. The lowest BCUT2D eigenvalue weighted by Crippen LogP contribution is -2.11. The molecule has 0 unspecified atom stereocenters. The van der Waals surface area contributed by atoms with Gasteiger partial charge in [-0.3, -0.25) is 4.79 Å². The molecule has 4 nitrogen and oxygen atoms in total. The molecule has 0 bridgehead atoms. The van der Waals surface area contributed by atoms with E-state index in [0.29, 0.717) is 6.42 Å². The standard InChI is InChI=1S/C17H17N3OS/c1-3-5-15(21)19-13-8-7-12(10-11(13)2)16-20-14-6-4-9-18-17(14)22-16/h4,6-10H,3,5H2,1-2H3,(H,19,21). The topological polar surface area (TPSA) is 54.9 Å². The first-order chi connectivity index (χ1) is 10.7. The van der Waals surface area contributed by atoms with Gasteiger partial charge in [-0.2, -0.15) is 0 Å². The number of nitrogens with zero attached hydrogens (tertiary/aromatic N) is 2. The maximum absolute atomic E-state index is 11.7. The third kappa shape index (κ3) is 2.99. The van der Waals surface area contributed by atoms with Crippen LogP contribution in [-0.4, -0.2) is 15.9 Å². The molecule has 0 aliphatic carbocycles. The summed E-state index contributed by atoms with van der Waals surface area (Å²) in [7, 11) is 0. The molecule has 1 aromatic carbocycles. The Morgan fingerprint density at radius 1 is 1.32 bits per heavy atom. The second kappa shape index (κ2) is 6.23. The molecule has 0 radical (unpaired) electrons. The molecular formula is C17H17N3OS. The zero-order valence-electron chi connectivity index (χ0n) is 12.6. The number of aromatic nitrogens is 2. The lowest BCUT2D eigenvalue weighted by Gasteiger charge is -2.09. The first-order valence-electron chi connectivity index (χ1n) is 7.30. The van der Waals surface area contributed by atoms with Crippen LogP contribution in [0.3, 0.4) is 0 Å². The normalized spacial score (nSPS) is 10.8. The molecule has 2 heterocycles. The van der Waals surface area contributed by atoms with E-state index in [1.807, 2.05) is 38.1 Å². The van der Waals surface area contributed by atoms with Crippen molar-refractivity contribution in [3.05, 3.63) is 42.1 Å². The Bertz CT molecular complexity index is 793. The van der Waals surface area contributed by atoms with Gasteiger partial charge in [0.25, 0.3) is 0 Å². The molecule has 0 spiro atoms. The van der Waals surface area contributed by atoms with Gasteiger partial charge in [0.1, 0.15) is 15.4 Å². The maximum atomic E-state index is 11.7. The van der Waals surface area contributed by atoms with Crippen LogP contribution in [0.1, 0.15) is 25.3 Å². The zero-order chi connectivity index (χ0) is 15.5. The minimum atomic E-state index is 0.0579. The Hall–Kier alpha value is -2.27. The Labute approximate surface area is 133 Å². The second-order valence-electron chi connectivity index (χ2n) is 5.17. The van der Waals surface area contributed by atoms with Crippen LogP contribution in [0.2, 0.25) is 0 Å². The zero-order valence-corrected chi connectivity index (χ0v) is 13.4. The van der Waals surface area contributed by atoms with Crippen molar-refractivity contribution in [1.82, 2.24) is 9.97 Å². The number of amides is 1. The summed E-state index contributed by atoms with van der Waals surface area (Å²) in [6, 6.07) is 9.85. The van der Waals surface area contributed by atoms with Crippen LogP contribution in [-0.2, 0) is 4.79 Å². The highest BCUT2D eigenvalue weighted by Crippen LogP contribution is 2.30. The number of pyridine rings is 1. The second-order valence-corrected chi connectivity index (χ2v) is 6.15. The third-order valence-electron chi connectivity index (χ3n) is 3.39. The van der Waals surface area contributed by atoms with Crippen molar-refractivity contribution in [1.29, 1.82) is 0 Å². The molecule has 3 aromatic rings. The molecule has 22 heavy (non-hydrogen) atoms. The molecule has 0 aliphatic heterocycles. The minimum Gasteiger partial charge on any atom is -0.326 e. The van der Waals surface area contributed by atoms with E-state index in [9.17, 15) is 4.79 Å². The molecule has 0 aliphatic rings. The average Bonchev–Trinajstić information content (AvgIpc) is 2.93.